The van der Waals surface area contributed by atoms with E-state index in [1.807, 2.05) is 24.5 Å². The highest BCUT2D eigenvalue weighted by Gasteiger charge is 2.36. The fourth-order valence-corrected chi connectivity index (χ4v) is 6.48. The topological polar surface area (TPSA) is 51.2 Å². The molecule has 0 saturated carbocycles. The van der Waals surface area contributed by atoms with Gasteiger partial charge in [-0.05, 0) is 52.0 Å². The van der Waals surface area contributed by atoms with Gasteiger partial charge in [-0.2, -0.15) is 0 Å². The highest BCUT2D eigenvalue weighted by atomic mass is 16.3. The minimum absolute atomic E-state index is 0.0602. The molecule has 7 aromatic rings. The number of fused-ring (bicyclic) bond motifs is 9. The molecule has 0 bridgehead atoms. The molecule has 37 heavy (non-hydrogen) atoms. The van der Waals surface area contributed by atoms with Crippen molar-refractivity contribution in [1.29, 1.82) is 0 Å². The number of nitrogens with zero attached hydrogens (tertiary/aromatic N) is 2. The van der Waals surface area contributed by atoms with Crippen LogP contribution in [0.25, 0.3) is 60.6 Å². The van der Waals surface area contributed by atoms with Gasteiger partial charge in [-0.15, -0.1) is 0 Å². The lowest BCUT2D eigenvalue weighted by Crippen LogP contribution is -2.14. The monoisotopic (exact) mass is 478 g/mol. The average molecular weight is 478 g/mol. The minimum atomic E-state index is -0.0962. The summed E-state index contributed by atoms with van der Waals surface area (Å²) in [6.45, 7) is 4.63. The molecule has 8 rings (SSSR count). The second kappa shape index (κ2) is 7.12. The van der Waals surface area contributed by atoms with E-state index in [4.69, 9.17) is 4.42 Å². The van der Waals surface area contributed by atoms with Gasteiger partial charge in [-0.3, -0.25) is 4.98 Å². The normalized spacial score (nSPS) is 14.0. The van der Waals surface area contributed by atoms with Gasteiger partial charge in [0.05, 0.1) is 16.7 Å². The quantitative estimate of drug-likeness (QED) is 0.295. The van der Waals surface area contributed by atoms with Crippen molar-refractivity contribution in [2.45, 2.75) is 19.3 Å². The summed E-state index contributed by atoms with van der Waals surface area (Å²) in [5.41, 5.74) is 10.8. The van der Waals surface area contributed by atoms with Crippen LogP contribution in [0, 0.1) is 0 Å². The van der Waals surface area contributed by atoms with Crippen molar-refractivity contribution in [3.63, 3.8) is 0 Å². The molecule has 0 unspecified atom stereocenters. The molecule has 1 aliphatic rings. The van der Waals surface area contributed by atoms with Crippen molar-refractivity contribution in [2.24, 2.45) is 0 Å². The second-order valence-corrected chi connectivity index (χ2v) is 10.5. The fourth-order valence-electron chi connectivity index (χ4n) is 6.48. The standard InChI is InChI=1S/C32H23BN2O2/c1-32(2)24-10-4-3-7-18(24)21-15-22-23-17-34-14-13-27(23)35(29(22)16-25(21)32)28-12-6-9-20-19-8-5-11-26(33-36)30(19)37-31(20)28/h3-17,33,36H,1-2H3. The van der Waals surface area contributed by atoms with Crippen LogP contribution in [-0.2, 0) is 5.41 Å². The maximum atomic E-state index is 9.94. The van der Waals surface area contributed by atoms with Crippen molar-refractivity contribution >= 4 is 56.7 Å². The molecule has 3 heterocycles. The summed E-state index contributed by atoms with van der Waals surface area (Å²) >= 11 is 0. The van der Waals surface area contributed by atoms with Gasteiger partial charge in [-0.1, -0.05) is 68.4 Å². The van der Waals surface area contributed by atoms with Crippen LogP contribution in [0.2, 0.25) is 0 Å². The molecule has 3 aromatic heterocycles. The Bertz CT molecular complexity index is 2070. The lowest BCUT2D eigenvalue weighted by Gasteiger charge is -2.21. The van der Waals surface area contributed by atoms with Gasteiger partial charge in [0.2, 0.25) is 0 Å². The molecule has 1 N–H and O–H groups in total. The van der Waals surface area contributed by atoms with Crippen LogP contribution < -0.4 is 5.46 Å². The summed E-state index contributed by atoms with van der Waals surface area (Å²) in [5.74, 6) is 0. The molecule has 4 aromatic carbocycles. The highest BCUT2D eigenvalue weighted by molar-refractivity contribution is 6.50. The predicted octanol–water partition coefficient (Wildman–Crippen LogP) is 6.35. The summed E-state index contributed by atoms with van der Waals surface area (Å²) in [5, 5.41) is 14.3. The maximum absolute atomic E-state index is 9.94. The fraction of sp³-hybridized carbons (Fsp3) is 0.0938. The first kappa shape index (κ1) is 20.8. The van der Waals surface area contributed by atoms with Crippen molar-refractivity contribution < 1.29 is 9.44 Å². The molecule has 0 atom stereocenters. The third-order valence-corrected chi connectivity index (χ3v) is 8.27. The predicted molar refractivity (Wildman–Crippen MR) is 152 cm³/mol. The van der Waals surface area contributed by atoms with E-state index in [1.165, 1.54) is 27.6 Å². The Morgan fingerprint density at radius 3 is 2.43 bits per heavy atom. The van der Waals surface area contributed by atoms with Crippen LogP contribution in [0.3, 0.4) is 0 Å². The lowest BCUT2D eigenvalue weighted by molar-refractivity contribution is 0.613. The van der Waals surface area contributed by atoms with E-state index in [9.17, 15) is 5.02 Å². The van der Waals surface area contributed by atoms with Gasteiger partial charge in [0.15, 0.2) is 5.58 Å². The molecule has 176 valence electrons. The van der Waals surface area contributed by atoms with E-state index in [2.05, 4.69) is 90.1 Å². The summed E-state index contributed by atoms with van der Waals surface area (Å²) in [4.78, 5) is 4.49. The smallest absolute Gasteiger partial charge is 0.308 e. The Balaban J connectivity index is 1.52. The molecular formula is C32H23BN2O2. The Kier molecular flexibility index (Phi) is 4.00. The first-order chi connectivity index (χ1) is 18.1. The van der Waals surface area contributed by atoms with E-state index in [0.29, 0.717) is 0 Å². The maximum Gasteiger partial charge on any atom is 0.308 e. The van der Waals surface area contributed by atoms with Crippen molar-refractivity contribution in [1.82, 2.24) is 9.55 Å². The first-order valence-electron chi connectivity index (χ1n) is 12.6. The van der Waals surface area contributed by atoms with E-state index in [1.54, 1.807) is 0 Å². The Morgan fingerprint density at radius 1 is 0.757 bits per heavy atom. The summed E-state index contributed by atoms with van der Waals surface area (Å²) in [7, 11) is -0.0602. The number of pyridine rings is 1. The van der Waals surface area contributed by atoms with Crippen LogP contribution in [0.15, 0.2) is 95.7 Å². The molecule has 0 radical (unpaired) electrons. The van der Waals surface area contributed by atoms with Crippen LogP contribution in [-0.4, -0.2) is 22.1 Å². The number of benzene rings is 4. The molecule has 0 spiro atoms. The number of hydrogen-bond donors (Lipinski definition) is 1. The van der Waals surface area contributed by atoms with E-state index in [-0.39, 0.29) is 12.9 Å². The summed E-state index contributed by atoms with van der Waals surface area (Å²) in [6, 6.07) is 27.8. The molecule has 4 nitrogen and oxygen atoms in total. The number of furan rings is 1. The summed E-state index contributed by atoms with van der Waals surface area (Å²) < 4.78 is 8.83. The summed E-state index contributed by atoms with van der Waals surface area (Å²) in [6.07, 6.45) is 3.82. The van der Waals surface area contributed by atoms with E-state index >= 15 is 0 Å². The number of hydrogen-bond acceptors (Lipinski definition) is 3. The Morgan fingerprint density at radius 2 is 1.57 bits per heavy atom. The van der Waals surface area contributed by atoms with E-state index in [0.717, 1.165) is 49.5 Å². The van der Waals surface area contributed by atoms with Gasteiger partial charge in [0, 0.05) is 39.4 Å². The Hall–Kier alpha value is -4.35. The Labute approximate surface area is 214 Å². The molecule has 0 fully saturated rings. The zero-order valence-corrected chi connectivity index (χ0v) is 20.6. The molecule has 0 amide bonds. The van der Waals surface area contributed by atoms with Crippen molar-refractivity contribution in [3.8, 4) is 16.8 Å². The van der Waals surface area contributed by atoms with Gasteiger partial charge in [0.1, 0.15) is 5.58 Å². The highest BCUT2D eigenvalue weighted by Crippen LogP contribution is 2.51. The van der Waals surface area contributed by atoms with Gasteiger partial charge >= 0.3 is 7.48 Å². The van der Waals surface area contributed by atoms with Crippen LogP contribution in [0.4, 0.5) is 0 Å². The zero-order valence-electron chi connectivity index (χ0n) is 20.6. The zero-order chi connectivity index (χ0) is 24.9. The molecule has 5 heteroatoms. The largest absolute Gasteiger partial charge is 0.454 e. The average Bonchev–Trinajstić information content (AvgIpc) is 3.54. The molecular weight excluding hydrogens is 455 g/mol. The van der Waals surface area contributed by atoms with Crippen molar-refractivity contribution in [3.05, 3.63) is 102 Å². The molecule has 0 saturated heterocycles. The van der Waals surface area contributed by atoms with Crippen LogP contribution >= 0.6 is 0 Å². The van der Waals surface area contributed by atoms with Crippen LogP contribution in [0.1, 0.15) is 25.0 Å². The molecule has 1 aliphatic carbocycles. The van der Waals surface area contributed by atoms with Gasteiger partial charge < -0.3 is 14.0 Å². The number of aromatic nitrogens is 2. The molecule has 0 aliphatic heterocycles. The first-order valence-corrected chi connectivity index (χ1v) is 12.6. The number of para-hydroxylation sites is 2. The number of rotatable bonds is 2. The van der Waals surface area contributed by atoms with Gasteiger partial charge in [0.25, 0.3) is 0 Å². The second-order valence-electron chi connectivity index (χ2n) is 10.5. The van der Waals surface area contributed by atoms with Crippen molar-refractivity contribution in [2.75, 3.05) is 0 Å². The van der Waals surface area contributed by atoms with E-state index < -0.39 is 0 Å². The van der Waals surface area contributed by atoms with Crippen LogP contribution in [0.5, 0.6) is 0 Å². The third-order valence-electron chi connectivity index (χ3n) is 8.27. The SMILES string of the molecule is CC1(C)c2ccccc2-c2cc3c4cnccc4n(-c4cccc5c4oc4c(BO)cccc45)c3cc21. The minimum Gasteiger partial charge on any atom is -0.454 e. The lowest BCUT2D eigenvalue weighted by atomic mass is 9.82. The third kappa shape index (κ3) is 2.59. The van der Waals surface area contributed by atoms with Gasteiger partial charge in [-0.25, -0.2) is 0 Å².